The van der Waals surface area contributed by atoms with Gasteiger partial charge in [0.1, 0.15) is 5.75 Å². The van der Waals surface area contributed by atoms with E-state index in [0.717, 1.165) is 23.7 Å². The molecule has 0 aliphatic rings. The maximum Gasteiger partial charge on any atom is 0.135 e. The van der Waals surface area contributed by atoms with Crippen molar-refractivity contribution in [2.24, 2.45) is 0 Å². The molecule has 0 saturated carbocycles. The largest absolute Gasteiger partial charge is 0.495 e. The molecule has 0 amide bonds. The maximum absolute atomic E-state index is 5.60. The second-order valence-corrected chi connectivity index (χ2v) is 8.63. The van der Waals surface area contributed by atoms with Gasteiger partial charge in [-0.2, -0.15) is 0 Å². The van der Waals surface area contributed by atoms with E-state index in [-0.39, 0.29) is 0 Å². The third kappa shape index (κ3) is 4.86. The average molecular weight is 373 g/mol. The van der Waals surface area contributed by atoms with Crippen LogP contribution in [0.5, 0.6) is 5.75 Å². The fraction of sp³-hybridized carbons (Fsp3) is 0.364. The Labute approximate surface area is 161 Å². The molecular formula is C22H28OS2. The van der Waals surface area contributed by atoms with Gasteiger partial charge in [0.25, 0.3) is 0 Å². The van der Waals surface area contributed by atoms with Gasteiger partial charge in [0, 0.05) is 9.79 Å². The molecule has 0 aliphatic carbocycles. The van der Waals surface area contributed by atoms with Gasteiger partial charge in [-0.05, 0) is 71.7 Å². The van der Waals surface area contributed by atoms with Gasteiger partial charge in [-0.1, -0.05) is 38.6 Å². The van der Waals surface area contributed by atoms with Crippen LogP contribution in [0, 0.1) is 13.8 Å². The molecular weight excluding hydrogens is 344 g/mol. The van der Waals surface area contributed by atoms with Gasteiger partial charge in [-0.15, -0.1) is 23.5 Å². The second-order valence-electron chi connectivity index (χ2n) is 6.02. The van der Waals surface area contributed by atoms with Crippen molar-refractivity contribution in [3.05, 3.63) is 58.7 Å². The molecule has 0 radical (unpaired) electrons. The summed E-state index contributed by atoms with van der Waals surface area (Å²) in [6.07, 6.45) is 2.92. The molecule has 0 spiro atoms. The summed E-state index contributed by atoms with van der Waals surface area (Å²) in [6, 6.07) is 9.15. The van der Waals surface area contributed by atoms with Gasteiger partial charge in [0.05, 0.1) is 7.11 Å². The highest BCUT2D eigenvalue weighted by Gasteiger charge is 2.11. The van der Waals surface area contributed by atoms with Crippen molar-refractivity contribution in [1.29, 1.82) is 0 Å². The zero-order valence-corrected chi connectivity index (χ0v) is 17.6. The van der Waals surface area contributed by atoms with Crippen LogP contribution in [0.4, 0.5) is 0 Å². The van der Waals surface area contributed by atoms with Crippen LogP contribution in [0.25, 0.3) is 6.08 Å². The van der Waals surface area contributed by atoms with E-state index in [1.54, 1.807) is 7.11 Å². The number of benzene rings is 2. The fourth-order valence-corrected chi connectivity index (χ4v) is 5.02. The first-order valence-corrected chi connectivity index (χ1v) is 10.7. The lowest BCUT2D eigenvalue weighted by molar-refractivity contribution is 0.401. The lowest BCUT2D eigenvalue weighted by atomic mass is 9.98. The van der Waals surface area contributed by atoms with Gasteiger partial charge in [-0.25, -0.2) is 0 Å². The Balaban J connectivity index is 2.40. The monoisotopic (exact) mass is 372 g/mol. The molecule has 2 rings (SSSR count). The molecule has 134 valence electrons. The Morgan fingerprint density at radius 1 is 0.920 bits per heavy atom. The molecule has 3 heteroatoms. The van der Waals surface area contributed by atoms with Crippen LogP contribution < -0.4 is 4.74 Å². The predicted octanol–water partition coefficient (Wildman–Crippen LogP) is 6.77. The van der Waals surface area contributed by atoms with E-state index in [1.807, 2.05) is 29.6 Å². The van der Waals surface area contributed by atoms with Crippen molar-refractivity contribution in [2.75, 3.05) is 18.6 Å². The number of thioether (sulfide) groups is 2. The lowest BCUT2D eigenvalue weighted by Gasteiger charge is -2.15. The highest BCUT2D eigenvalue weighted by molar-refractivity contribution is 7.99. The van der Waals surface area contributed by atoms with Gasteiger partial charge in [0.2, 0.25) is 0 Å². The molecule has 0 saturated heterocycles. The molecule has 0 heterocycles. The number of rotatable bonds is 8. The number of aryl methyl sites for hydroxylation is 2. The standard InChI is InChI=1S/C22H28OS2/c1-7-19-15(4)10-17(13-20(19)24-8-2)12-18-11-16(5)22(23-6)21(14-18)25-9-3/h7,10-11,13-14H,1,8-9,12H2,2-6H3. The van der Waals surface area contributed by atoms with Gasteiger partial charge in [0.15, 0.2) is 0 Å². The summed E-state index contributed by atoms with van der Waals surface area (Å²) in [5, 5.41) is 0. The quantitative estimate of drug-likeness (QED) is 0.473. The van der Waals surface area contributed by atoms with E-state index >= 15 is 0 Å². The molecule has 0 fully saturated rings. The van der Waals surface area contributed by atoms with Crippen LogP contribution >= 0.6 is 23.5 Å². The first-order chi connectivity index (χ1) is 12.0. The maximum atomic E-state index is 5.60. The fourth-order valence-electron chi connectivity index (χ4n) is 3.15. The molecule has 25 heavy (non-hydrogen) atoms. The van der Waals surface area contributed by atoms with Gasteiger partial charge >= 0.3 is 0 Å². The summed E-state index contributed by atoms with van der Waals surface area (Å²) < 4.78 is 5.60. The van der Waals surface area contributed by atoms with Crippen molar-refractivity contribution >= 4 is 29.6 Å². The summed E-state index contributed by atoms with van der Waals surface area (Å²) in [7, 11) is 1.76. The van der Waals surface area contributed by atoms with Crippen molar-refractivity contribution < 1.29 is 4.74 Å². The Morgan fingerprint density at radius 2 is 1.48 bits per heavy atom. The summed E-state index contributed by atoms with van der Waals surface area (Å²) in [4.78, 5) is 2.57. The Hall–Kier alpha value is -1.32. The molecule has 0 unspecified atom stereocenters. The molecule has 0 aliphatic heterocycles. The lowest BCUT2D eigenvalue weighted by Crippen LogP contribution is -1.97. The number of hydrogen-bond donors (Lipinski definition) is 0. The second kappa shape index (κ2) is 9.40. The van der Waals surface area contributed by atoms with Crippen LogP contribution in [0.15, 0.2) is 40.6 Å². The molecule has 1 nitrogen and oxygen atoms in total. The zero-order chi connectivity index (χ0) is 18.4. The summed E-state index contributed by atoms with van der Waals surface area (Å²) in [6.45, 7) is 12.7. The van der Waals surface area contributed by atoms with E-state index in [9.17, 15) is 0 Å². The highest BCUT2D eigenvalue weighted by atomic mass is 32.2. The van der Waals surface area contributed by atoms with Gasteiger partial charge < -0.3 is 4.74 Å². The van der Waals surface area contributed by atoms with E-state index in [2.05, 4.69) is 58.5 Å². The Kier molecular flexibility index (Phi) is 7.52. The predicted molar refractivity (Wildman–Crippen MR) is 115 cm³/mol. The van der Waals surface area contributed by atoms with Crippen molar-refractivity contribution in [1.82, 2.24) is 0 Å². The summed E-state index contributed by atoms with van der Waals surface area (Å²) >= 11 is 3.73. The minimum absolute atomic E-state index is 0.942. The molecule has 0 bridgehead atoms. The van der Waals surface area contributed by atoms with Crippen molar-refractivity contribution in [2.45, 2.75) is 43.9 Å². The minimum Gasteiger partial charge on any atom is -0.495 e. The molecule has 2 aromatic carbocycles. The van der Waals surface area contributed by atoms with Crippen LogP contribution in [0.3, 0.4) is 0 Å². The number of hydrogen-bond acceptors (Lipinski definition) is 3. The van der Waals surface area contributed by atoms with Crippen LogP contribution in [-0.4, -0.2) is 18.6 Å². The minimum atomic E-state index is 0.942. The van der Waals surface area contributed by atoms with Crippen LogP contribution in [-0.2, 0) is 6.42 Å². The van der Waals surface area contributed by atoms with E-state index in [1.165, 1.54) is 37.6 Å². The normalized spacial score (nSPS) is 10.8. The SMILES string of the molecule is C=Cc1c(C)cc(Cc2cc(C)c(OC)c(SCC)c2)cc1SCC. The average Bonchev–Trinajstić information content (AvgIpc) is 2.55. The van der Waals surface area contributed by atoms with E-state index in [0.29, 0.717) is 0 Å². The topological polar surface area (TPSA) is 9.23 Å². The number of ether oxygens (including phenoxy) is 1. The third-order valence-corrected chi connectivity index (χ3v) is 5.97. The Morgan fingerprint density at radius 3 is 2.04 bits per heavy atom. The Bertz CT molecular complexity index is 750. The van der Waals surface area contributed by atoms with Crippen LogP contribution in [0.2, 0.25) is 0 Å². The first-order valence-electron chi connectivity index (χ1n) is 8.73. The molecule has 2 aromatic rings. The first kappa shape index (κ1) is 20.0. The molecule has 0 aromatic heterocycles. The van der Waals surface area contributed by atoms with Crippen LogP contribution in [0.1, 0.15) is 41.7 Å². The van der Waals surface area contributed by atoms with Crippen molar-refractivity contribution in [3.8, 4) is 5.75 Å². The molecule has 0 N–H and O–H groups in total. The summed E-state index contributed by atoms with van der Waals surface area (Å²) in [5.41, 5.74) is 6.47. The smallest absolute Gasteiger partial charge is 0.135 e. The third-order valence-electron chi connectivity index (χ3n) is 4.13. The van der Waals surface area contributed by atoms with Gasteiger partial charge in [-0.3, -0.25) is 0 Å². The summed E-state index contributed by atoms with van der Waals surface area (Å²) in [5.74, 6) is 3.13. The number of methoxy groups -OCH3 is 1. The van der Waals surface area contributed by atoms with E-state index < -0.39 is 0 Å². The highest BCUT2D eigenvalue weighted by Crippen LogP contribution is 2.35. The van der Waals surface area contributed by atoms with E-state index in [4.69, 9.17) is 4.74 Å². The van der Waals surface area contributed by atoms with Crippen molar-refractivity contribution in [3.63, 3.8) is 0 Å². The molecule has 0 atom stereocenters. The zero-order valence-electron chi connectivity index (χ0n) is 15.9.